The predicted molar refractivity (Wildman–Crippen MR) is 60.2 cm³/mol. The van der Waals surface area contributed by atoms with Crippen LogP contribution in [0.4, 0.5) is 0 Å². The number of hydrogen-bond donors (Lipinski definition) is 1. The molecule has 2 N–H and O–H groups in total. The van der Waals surface area contributed by atoms with Crippen LogP contribution in [0.15, 0.2) is 12.1 Å². The van der Waals surface area contributed by atoms with Crippen LogP contribution >= 0.6 is 11.3 Å². The molecule has 1 heterocycles. The lowest BCUT2D eigenvalue weighted by atomic mass is 10.4. The molecule has 5 heteroatoms. The lowest BCUT2D eigenvalue weighted by molar-refractivity contribution is 0.595. The van der Waals surface area contributed by atoms with E-state index < -0.39 is 9.84 Å². The average Bonchev–Trinajstić information content (AvgIpc) is 2.51. The Hall–Kier alpha value is -0.390. The SMILES string of the molecule is CCc1ccc(CS(=O)(=O)CCN)s1. The molecule has 1 aromatic heterocycles. The van der Waals surface area contributed by atoms with Gasteiger partial charge in [0.25, 0.3) is 0 Å². The molecule has 0 saturated heterocycles. The van der Waals surface area contributed by atoms with Gasteiger partial charge in [0, 0.05) is 16.3 Å². The molecule has 0 atom stereocenters. The highest BCUT2D eigenvalue weighted by Crippen LogP contribution is 2.19. The lowest BCUT2D eigenvalue weighted by Gasteiger charge is -1.99. The highest BCUT2D eigenvalue weighted by atomic mass is 32.2. The molecule has 0 spiro atoms. The van der Waals surface area contributed by atoms with Crippen LogP contribution in [0.5, 0.6) is 0 Å². The van der Waals surface area contributed by atoms with Gasteiger partial charge in [0.15, 0.2) is 9.84 Å². The summed E-state index contributed by atoms with van der Waals surface area (Å²) in [5.74, 6) is 0.210. The Kier molecular flexibility index (Phi) is 4.10. The third-order valence-corrected chi connectivity index (χ3v) is 4.88. The highest BCUT2D eigenvalue weighted by molar-refractivity contribution is 7.90. The number of thiophene rings is 1. The molecule has 1 aromatic rings. The van der Waals surface area contributed by atoms with Gasteiger partial charge in [0.05, 0.1) is 11.5 Å². The van der Waals surface area contributed by atoms with Crippen molar-refractivity contribution in [3.63, 3.8) is 0 Å². The molecule has 0 saturated carbocycles. The molecule has 0 aromatic carbocycles. The van der Waals surface area contributed by atoms with Crippen molar-refractivity contribution in [3.8, 4) is 0 Å². The van der Waals surface area contributed by atoms with Crippen LogP contribution < -0.4 is 5.73 Å². The summed E-state index contributed by atoms with van der Waals surface area (Å²) in [6, 6.07) is 3.87. The first-order valence-electron chi connectivity index (χ1n) is 4.55. The maximum absolute atomic E-state index is 11.4. The van der Waals surface area contributed by atoms with Crippen molar-refractivity contribution in [2.24, 2.45) is 5.73 Å². The fourth-order valence-electron chi connectivity index (χ4n) is 1.16. The topological polar surface area (TPSA) is 60.2 Å². The third-order valence-electron chi connectivity index (χ3n) is 1.86. The Balaban J connectivity index is 2.69. The Morgan fingerprint density at radius 1 is 1.36 bits per heavy atom. The summed E-state index contributed by atoms with van der Waals surface area (Å²) in [5, 5.41) is 0. The minimum Gasteiger partial charge on any atom is -0.329 e. The number of sulfone groups is 1. The van der Waals surface area contributed by atoms with Crippen LogP contribution in [0.1, 0.15) is 16.7 Å². The van der Waals surface area contributed by atoms with Crippen LogP contribution in [0, 0.1) is 0 Å². The predicted octanol–water partition coefficient (Wildman–Crippen LogP) is 1.18. The van der Waals surface area contributed by atoms with Gasteiger partial charge in [-0.05, 0) is 18.6 Å². The van der Waals surface area contributed by atoms with Crippen LogP contribution in [-0.2, 0) is 22.0 Å². The molecule has 0 amide bonds. The van der Waals surface area contributed by atoms with Gasteiger partial charge in [-0.25, -0.2) is 8.42 Å². The summed E-state index contributed by atoms with van der Waals surface area (Å²) in [6.07, 6.45) is 0.960. The maximum Gasteiger partial charge on any atom is 0.156 e. The van der Waals surface area contributed by atoms with Gasteiger partial charge in [0.2, 0.25) is 0 Å². The van der Waals surface area contributed by atoms with Crippen molar-refractivity contribution >= 4 is 21.2 Å². The molecule has 14 heavy (non-hydrogen) atoms. The van der Waals surface area contributed by atoms with E-state index in [1.807, 2.05) is 12.1 Å². The van der Waals surface area contributed by atoms with Gasteiger partial charge < -0.3 is 5.73 Å². The summed E-state index contributed by atoms with van der Waals surface area (Å²) in [4.78, 5) is 2.14. The Bertz CT molecular complexity index is 381. The normalized spacial score (nSPS) is 11.9. The molecule has 0 unspecified atom stereocenters. The van der Waals surface area contributed by atoms with E-state index in [1.54, 1.807) is 11.3 Å². The van der Waals surface area contributed by atoms with E-state index in [2.05, 4.69) is 6.92 Å². The third kappa shape index (κ3) is 3.40. The summed E-state index contributed by atoms with van der Waals surface area (Å²) in [7, 11) is -2.99. The first kappa shape index (κ1) is 11.7. The van der Waals surface area contributed by atoms with E-state index in [-0.39, 0.29) is 18.1 Å². The second kappa shape index (κ2) is 4.91. The standard InChI is InChI=1S/C9H15NO2S2/c1-2-8-3-4-9(13-8)7-14(11,12)6-5-10/h3-4H,2,5-7,10H2,1H3. The van der Waals surface area contributed by atoms with Crippen molar-refractivity contribution < 1.29 is 8.42 Å². The summed E-state index contributed by atoms with van der Waals surface area (Å²) >= 11 is 1.57. The zero-order valence-corrected chi connectivity index (χ0v) is 9.83. The van der Waals surface area contributed by atoms with E-state index in [0.29, 0.717) is 0 Å². The molecule has 0 radical (unpaired) electrons. The van der Waals surface area contributed by atoms with Gasteiger partial charge in [-0.1, -0.05) is 6.92 Å². The molecule has 0 aliphatic heterocycles. The molecule has 80 valence electrons. The minimum absolute atomic E-state index is 0.0758. The molecular formula is C9H15NO2S2. The number of rotatable bonds is 5. The van der Waals surface area contributed by atoms with Gasteiger partial charge in [0.1, 0.15) is 0 Å². The first-order chi connectivity index (χ1) is 6.57. The lowest BCUT2D eigenvalue weighted by Crippen LogP contribution is -2.16. The summed E-state index contributed by atoms with van der Waals surface area (Å²) < 4.78 is 22.8. The largest absolute Gasteiger partial charge is 0.329 e. The van der Waals surface area contributed by atoms with E-state index >= 15 is 0 Å². The smallest absolute Gasteiger partial charge is 0.156 e. The van der Waals surface area contributed by atoms with Crippen molar-refractivity contribution in [1.82, 2.24) is 0 Å². The van der Waals surface area contributed by atoms with E-state index in [0.717, 1.165) is 11.3 Å². The second-order valence-electron chi connectivity index (χ2n) is 3.10. The van der Waals surface area contributed by atoms with Crippen LogP contribution in [-0.4, -0.2) is 20.7 Å². The van der Waals surface area contributed by atoms with Crippen molar-refractivity contribution in [3.05, 3.63) is 21.9 Å². The van der Waals surface area contributed by atoms with Gasteiger partial charge in [-0.15, -0.1) is 11.3 Å². The average molecular weight is 233 g/mol. The summed E-state index contributed by atoms with van der Waals surface area (Å²) in [6.45, 7) is 2.26. The Labute approximate surface area is 88.9 Å². The fraction of sp³-hybridized carbons (Fsp3) is 0.556. The fourth-order valence-corrected chi connectivity index (χ4v) is 3.72. The first-order valence-corrected chi connectivity index (χ1v) is 7.19. The van der Waals surface area contributed by atoms with Crippen molar-refractivity contribution in [1.29, 1.82) is 0 Å². The van der Waals surface area contributed by atoms with Gasteiger partial charge >= 0.3 is 0 Å². The molecule has 1 rings (SSSR count). The number of hydrogen-bond acceptors (Lipinski definition) is 4. The van der Waals surface area contributed by atoms with Crippen LogP contribution in [0.2, 0.25) is 0 Å². The van der Waals surface area contributed by atoms with Crippen molar-refractivity contribution in [2.75, 3.05) is 12.3 Å². The maximum atomic E-state index is 11.4. The minimum atomic E-state index is -2.99. The van der Waals surface area contributed by atoms with Gasteiger partial charge in [-0.2, -0.15) is 0 Å². The molecule has 0 aliphatic carbocycles. The second-order valence-corrected chi connectivity index (χ2v) is 6.54. The number of nitrogens with two attached hydrogens (primary N) is 1. The van der Waals surface area contributed by atoms with E-state index in [1.165, 1.54) is 4.88 Å². The molecule has 0 fully saturated rings. The molecule has 0 bridgehead atoms. The monoisotopic (exact) mass is 233 g/mol. The van der Waals surface area contributed by atoms with Crippen LogP contribution in [0.25, 0.3) is 0 Å². The highest BCUT2D eigenvalue weighted by Gasteiger charge is 2.11. The molecule has 3 nitrogen and oxygen atoms in total. The Morgan fingerprint density at radius 2 is 2.00 bits per heavy atom. The number of aryl methyl sites for hydroxylation is 1. The molecule has 0 aliphatic rings. The van der Waals surface area contributed by atoms with E-state index in [4.69, 9.17) is 5.73 Å². The Morgan fingerprint density at radius 3 is 2.50 bits per heavy atom. The van der Waals surface area contributed by atoms with Crippen molar-refractivity contribution in [2.45, 2.75) is 19.1 Å². The summed E-state index contributed by atoms with van der Waals surface area (Å²) in [5.41, 5.74) is 5.22. The van der Waals surface area contributed by atoms with Gasteiger partial charge in [-0.3, -0.25) is 0 Å². The zero-order chi connectivity index (χ0) is 10.6. The zero-order valence-electron chi connectivity index (χ0n) is 8.19. The quantitative estimate of drug-likeness (QED) is 0.831. The molecular weight excluding hydrogens is 218 g/mol. The van der Waals surface area contributed by atoms with Crippen LogP contribution in [0.3, 0.4) is 0 Å². The van der Waals surface area contributed by atoms with E-state index in [9.17, 15) is 8.42 Å².